The Balaban J connectivity index is 3.01. The molecule has 1 rings (SSSR count). The van der Waals surface area contributed by atoms with Gasteiger partial charge in [-0.25, -0.2) is 4.79 Å². The van der Waals surface area contributed by atoms with Crippen molar-refractivity contribution < 1.29 is 20.1 Å². The Kier molecular flexibility index (Phi) is 3.23. The highest BCUT2D eigenvalue weighted by molar-refractivity contribution is 5.73. The molecule has 0 spiro atoms. The summed E-state index contributed by atoms with van der Waals surface area (Å²) in [7, 11) is 0. The molecule has 0 amide bonds. The topological polar surface area (TPSA) is 111 Å². The van der Waals surface area contributed by atoms with Gasteiger partial charge in [0.15, 0.2) is 6.10 Å². The quantitative estimate of drug-likeness (QED) is 0.523. The number of aliphatic hydroxyl groups is 2. The van der Waals surface area contributed by atoms with Crippen molar-refractivity contribution in [2.24, 2.45) is 0 Å². The number of carboxylic acids is 1. The number of aromatic nitrogens is 1. The molecule has 1 heterocycles. The van der Waals surface area contributed by atoms with Crippen LogP contribution in [0.15, 0.2) is 17.1 Å². The summed E-state index contributed by atoms with van der Waals surface area (Å²) in [4.78, 5) is 23.7. The standard InChI is InChI=1S/C9H11NO5/c1-4-2-5(3-10-8(4)13)6(11)7(12)9(14)15/h2-3,6-7,11-12H,1H3,(H,10,13)(H,14,15). The molecule has 2 atom stereocenters. The number of H-pyrrole nitrogens is 1. The third kappa shape index (κ3) is 2.42. The van der Waals surface area contributed by atoms with Gasteiger partial charge >= 0.3 is 5.97 Å². The molecule has 0 radical (unpaired) electrons. The highest BCUT2D eigenvalue weighted by Gasteiger charge is 2.25. The Morgan fingerprint density at radius 1 is 1.47 bits per heavy atom. The molecule has 0 bridgehead atoms. The minimum absolute atomic E-state index is 0.155. The Labute approximate surface area is 84.8 Å². The molecule has 0 aromatic carbocycles. The van der Waals surface area contributed by atoms with Crippen LogP contribution in [-0.4, -0.2) is 32.4 Å². The number of aryl methyl sites for hydroxylation is 1. The van der Waals surface area contributed by atoms with E-state index in [1.54, 1.807) is 0 Å². The van der Waals surface area contributed by atoms with Gasteiger partial charge in [0, 0.05) is 17.3 Å². The predicted octanol–water partition coefficient (Wildman–Crippen LogP) is -0.838. The molecule has 1 aromatic heterocycles. The van der Waals surface area contributed by atoms with Crippen molar-refractivity contribution in [2.45, 2.75) is 19.1 Å². The molecule has 0 saturated heterocycles. The Morgan fingerprint density at radius 2 is 2.07 bits per heavy atom. The second-order valence-electron chi connectivity index (χ2n) is 3.17. The number of carboxylic acid groups (broad SMARTS) is 1. The van der Waals surface area contributed by atoms with E-state index in [1.807, 2.05) is 0 Å². The van der Waals surface area contributed by atoms with Gasteiger partial charge in [-0.3, -0.25) is 4.79 Å². The van der Waals surface area contributed by atoms with Crippen LogP contribution in [0.25, 0.3) is 0 Å². The molecule has 0 fully saturated rings. The number of nitrogens with one attached hydrogen (secondary N) is 1. The maximum absolute atomic E-state index is 11.0. The number of carbonyl (C=O) groups is 1. The normalized spacial score (nSPS) is 14.6. The van der Waals surface area contributed by atoms with Gasteiger partial charge in [-0.15, -0.1) is 0 Å². The van der Waals surface area contributed by atoms with Crippen LogP contribution in [0, 0.1) is 6.92 Å². The number of rotatable bonds is 3. The smallest absolute Gasteiger partial charge is 0.335 e. The van der Waals surface area contributed by atoms with E-state index in [9.17, 15) is 14.7 Å². The number of aliphatic carboxylic acids is 1. The fraction of sp³-hybridized carbons (Fsp3) is 0.333. The summed E-state index contributed by atoms with van der Waals surface area (Å²) in [6, 6.07) is 1.33. The molecule has 6 heteroatoms. The highest BCUT2D eigenvalue weighted by Crippen LogP contribution is 2.15. The van der Waals surface area contributed by atoms with Gasteiger partial charge in [0.1, 0.15) is 6.10 Å². The molecule has 0 aliphatic heterocycles. The van der Waals surface area contributed by atoms with Crippen LogP contribution < -0.4 is 5.56 Å². The number of pyridine rings is 1. The zero-order valence-corrected chi connectivity index (χ0v) is 7.97. The van der Waals surface area contributed by atoms with E-state index < -0.39 is 18.2 Å². The van der Waals surface area contributed by atoms with E-state index in [-0.39, 0.29) is 11.1 Å². The van der Waals surface area contributed by atoms with E-state index >= 15 is 0 Å². The van der Waals surface area contributed by atoms with Crippen LogP contribution in [0.4, 0.5) is 0 Å². The molecule has 6 nitrogen and oxygen atoms in total. The number of hydrogen-bond donors (Lipinski definition) is 4. The summed E-state index contributed by atoms with van der Waals surface area (Å²) in [6.45, 7) is 1.52. The lowest BCUT2D eigenvalue weighted by Gasteiger charge is -2.14. The van der Waals surface area contributed by atoms with Gasteiger partial charge < -0.3 is 20.3 Å². The van der Waals surface area contributed by atoms with Crippen molar-refractivity contribution in [1.82, 2.24) is 4.98 Å². The van der Waals surface area contributed by atoms with Crippen molar-refractivity contribution >= 4 is 5.97 Å². The van der Waals surface area contributed by atoms with Gasteiger partial charge in [-0.05, 0) is 13.0 Å². The van der Waals surface area contributed by atoms with Crippen LogP contribution in [-0.2, 0) is 4.79 Å². The molecular formula is C9H11NO5. The van der Waals surface area contributed by atoms with Crippen LogP contribution in [0.1, 0.15) is 17.2 Å². The summed E-state index contributed by atoms with van der Waals surface area (Å²) in [5, 5.41) is 26.9. The summed E-state index contributed by atoms with van der Waals surface area (Å²) in [5.41, 5.74) is 0.168. The Morgan fingerprint density at radius 3 is 2.53 bits per heavy atom. The predicted molar refractivity (Wildman–Crippen MR) is 50.4 cm³/mol. The largest absolute Gasteiger partial charge is 0.479 e. The Hall–Kier alpha value is -1.66. The van der Waals surface area contributed by atoms with Gasteiger partial charge in [-0.1, -0.05) is 0 Å². The van der Waals surface area contributed by atoms with E-state index in [2.05, 4.69) is 4.98 Å². The van der Waals surface area contributed by atoms with Crippen LogP contribution >= 0.6 is 0 Å². The minimum Gasteiger partial charge on any atom is -0.479 e. The molecular weight excluding hydrogens is 202 g/mol. The average molecular weight is 213 g/mol. The lowest BCUT2D eigenvalue weighted by Crippen LogP contribution is -2.28. The van der Waals surface area contributed by atoms with Gasteiger partial charge in [0.2, 0.25) is 0 Å². The molecule has 0 aliphatic rings. The van der Waals surface area contributed by atoms with Crippen LogP contribution in [0.5, 0.6) is 0 Å². The lowest BCUT2D eigenvalue weighted by atomic mass is 10.1. The third-order valence-corrected chi connectivity index (χ3v) is 2.00. The van der Waals surface area contributed by atoms with Crippen LogP contribution in [0.2, 0.25) is 0 Å². The Bertz CT molecular complexity index is 425. The first-order valence-corrected chi connectivity index (χ1v) is 4.21. The van der Waals surface area contributed by atoms with Crippen molar-refractivity contribution in [3.05, 3.63) is 33.7 Å². The second kappa shape index (κ2) is 4.24. The van der Waals surface area contributed by atoms with E-state index in [0.29, 0.717) is 5.56 Å². The van der Waals surface area contributed by atoms with E-state index in [4.69, 9.17) is 10.2 Å². The van der Waals surface area contributed by atoms with Gasteiger partial charge in [0.25, 0.3) is 5.56 Å². The first-order valence-electron chi connectivity index (χ1n) is 4.21. The summed E-state index contributed by atoms with van der Waals surface area (Å²) in [5.74, 6) is -1.52. The first kappa shape index (κ1) is 11.4. The third-order valence-electron chi connectivity index (χ3n) is 2.00. The maximum atomic E-state index is 11.0. The molecule has 0 aliphatic carbocycles. The zero-order chi connectivity index (χ0) is 11.6. The van der Waals surface area contributed by atoms with E-state index in [1.165, 1.54) is 19.2 Å². The average Bonchev–Trinajstić information content (AvgIpc) is 2.19. The molecule has 2 unspecified atom stereocenters. The SMILES string of the molecule is Cc1cc(C(O)C(O)C(=O)O)c[nH]c1=O. The van der Waals surface area contributed by atoms with Crippen molar-refractivity contribution in [3.8, 4) is 0 Å². The zero-order valence-electron chi connectivity index (χ0n) is 7.97. The maximum Gasteiger partial charge on any atom is 0.335 e. The summed E-state index contributed by atoms with van der Waals surface area (Å²) < 4.78 is 0. The second-order valence-corrected chi connectivity index (χ2v) is 3.17. The summed E-state index contributed by atoms with van der Waals surface area (Å²) in [6.07, 6.45) is -2.29. The van der Waals surface area contributed by atoms with Crippen molar-refractivity contribution in [2.75, 3.05) is 0 Å². The molecule has 15 heavy (non-hydrogen) atoms. The van der Waals surface area contributed by atoms with Crippen molar-refractivity contribution in [1.29, 1.82) is 0 Å². The fourth-order valence-electron chi connectivity index (χ4n) is 1.11. The van der Waals surface area contributed by atoms with Crippen LogP contribution in [0.3, 0.4) is 0 Å². The number of aliphatic hydroxyl groups excluding tert-OH is 2. The monoisotopic (exact) mass is 213 g/mol. The highest BCUT2D eigenvalue weighted by atomic mass is 16.4. The molecule has 0 saturated carbocycles. The lowest BCUT2D eigenvalue weighted by molar-refractivity contribution is -0.153. The van der Waals surface area contributed by atoms with Gasteiger partial charge in [0.05, 0.1) is 0 Å². The number of hydrogen-bond acceptors (Lipinski definition) is 4. The summed E-state index contributed by atoms with van der Waals surface area (Å²) >= 11 is 0. The number of aromatic amines is 1. The minimum atomic E-state index is -1.91. The molecule has 4 N–H and O–H groups in total. The molecule has 82 valence electrons. The van der Waals surface area contributed by atoms with Crippen molar-refractivity contribution in [3.63, 3.8) is 0 Å². The molecule has 1 aromatic rings. The van der Waals surface area contributed by atoms with E-state index in [0.717, 1.165) is 0 Å². The first-order chi connectivity index (χ1) is 6.93. The van der Waals surface area contributed by atoms with Gasteiger partial charge in [-0.2, -0.15) is 0 Å². The fourth-order valence-corrected chi connectivity index (χ4v) is 1.11.